The van der Waals surface area contributed by atoms with Crippen molar-refractivity contribution < 1.29 is 14.3 Å². The van der Waals surface area contributed by atoms with E-state index in [2.05, 4.69) is 11.0 Å². The van der Waals surface area contributed by atoms with Crippen LogP contribution in [0.4, 0.5) is 0 Å². The smallest absolute Gasteiger partial charge is 0.187 e. The van der Waals surface area contributed by atoms with E-state index < -0.39 is 0 Å². The fourth-order valence-electron chi connectivity index (χ4n) is 3.18. The minimum Gasteiger partial charge on any atom is -0.497 e. The Morgan fingerprint density at radius 2 is 1.46 bits per heavy atom. The molecule has 0 N–H and O–H groups in total. The highest BCUT2D eigenvalue weighted by Gasteiger charge is 2.24. The lowest BCUT2D eigenvalue weighted by molar-refractivity contribution is -0.113. The highest BCUT2D eigenvalue weighted by molar-refractivity contribution is 6.14. The van der Waals surface area contributed by atoms with Crippen molar-refractivity contribution >= 4 is 17.9 Å². The van der Waals surface area contributed by atoms with Crippen molar-refractivity contribution in [1.29, 1.82) is 5.26 Å². The van der Waals surface area contributed by atoms with Gasteiger partial charge in [-0.05, 0) is 54.6 Å². The first-order chi connectivity index (χ1) is 13.5. The fraction of sp³-hybridized carbons (Fsp3) is 0.217. The average Bonchev–Trinajstić information content (AvgIpc) is 2.71. The van der Waals surface area contributed by atoms with Crippen LogP contribution in [-0.4, -0.2) is 45.0 Å². The molecule has 0 bridgehead atoms. The van der Waals surface area contributed by atoms with E-state index >= 15 is 0 Å². The van der Waals surface area contributed by atoms with E-state index in [1.165, 1.54) is 0 Å². The maximum atomic E-state index is 13.0. The zero-order valence-electron chi connectivity index (χ0n) is 16.2. The number of nitrogens with zero attached hydrogens (tertiary/aromatic N) is 2. The number of Topliss-reactive ketones (excluding diaryl/α,β-unsaturated/α-hetero) is 1. The standard InChI is InChI=1S/C23H22N2O3/c1-25-14-19(8-16-4-6-17(13-24)7-5-16)23(26)20(15-25)9-18-10-21(27-2)12-22(11-18)28-3/h4-12H,14-15H2,1-3H3/b19-8+,20-9+. The second kappa shape index (κ2) is 8.55. The topological polar surface area (TPSA) is 62.6 Å². The normalized spacial score (nSPS) is 17.6. The predicted octanol–water partition coefficient (Wildman–Crippen LogP) is 3.56. The van der Waals surface area contributed by atoms with Crippen molar-refractivity contribution in [3.63, 3.8) is 0 Å². The number of hydrogen-bond donors (Lipinski definition) is 0. The average molecular weight is 374 g/mol. The Morgan fingerprint density at radius 1 is 0.929 bits per heavy atom. The number of carbonyl (C=O) groups excluding carboxylic acids is 1. The van der Waals surface area contributed by atoms with Gasteiger partial charge in [-0.3, -0.25) is 9.69 Å². The van der Waals surface area contributed by atoms with Crippen LogP contribution in [0.5, 0.6) is 11.5 Å². The summed E-state index contributed by atoms with van der Waals surface area (Å²) in [5.41, 5.74) is 3.79. The van der Waals surface area contributed by atoms with E-state index in [4.69, 9.17) is 14.7 Å². The Labute approximate surface area is 165 Å². The van der Waals surface area contributed by atoms with E-state index in [-0.39, 0.29) is 5.78 Å². The number of ether oxygens (including phenoxy) is 2. The lowest BCUT2D eigenvalue weighted by atomic mass is 9.94. The van der Waals surface area contributed by atoms with Crippen LogP contribution in [0.2, 0.25) is 0 Å². The summed E-state index contributed by atoms with van der Waals surface area (Å²) in [6.45, 7) is 1.15. The largest absolute Gasteiger partial charge is 0.497 e. The van der Waals surface area contributed by atoms with Gasteiger partial charge >= 0.3 is 0 Å². The molecule has 0 amide bonds. The van der Waals surface area contributed by atoms with E-state index in [0.29, 0.717) is 35.7 Å². The zero-order chi connectivity index (χ0) is 20.1. The highest BCUT2D eigenvalue weighted by atomic mass is 16.5. The maximum Gasteiger partial charge on any atom is 0.187 e. The van der Waals surface area contributed by atoms with Crippen molar-refractivity contribution in [1.82, 2.24) is 4.90 Å². The molecular formula is C23H22N2O3. The molecule has 1 saturated heterocycles. The monoisotopic (exact) mass is 374 g/mol. The molecule has 5 nitrogen and oxygen atoms in total. The van der Waals surface area contributed by atoms with Crippen LogP contribution in [0.3, 0.4) is 0 Å². The van der Waals surface area contributed by atoms with Crippen LogP contribution in [0, 0.1) is 11.3 Å². The first kappa shape index (κ1) is 19.4. The van der Waals surface area contributed by atoms with Gasteiger partial charge in [0.15, 0.2) is 5.78 Å². The van der Waals surface area contributed by atoms with Crippen LogP contribution >= 0.6 is 0 Å². The molecule has 0 unspecified atom stereocenters. The van der Waals surface area contributed by atoms with E-state index in [1.807, 2.05) is 43.5 Å². The first-order valence-corrected chi connectivity index (χ1v) is 8.90. The second-order valence-electron chi connectivity index (χ2n) is 6.72. The number of piperidine rings is 1. The Kier molecular flexibility index (Phi) is 5.93. The molecule has 0 saturated carbocycles. The lowest BCUT2D eigenvalue weighted by Crippen LogP contribution is -2.34. The highest BCUT2D eigenvalue weighted by Crippen LogP contribution is 2.26. The Balaban J connectivity index is 1.94. The van der Waals surface area contributed by atoms with Gasteiger partial charge in [0.25, 0.3) is 0 Å². The van der Waals surface area contributed by atoms with Gasteiger partial charge in [0.1, 0.15) is 11.5 Å². The molecule has 1 heterocycles. The van der Waals surface area contributed by atoms with Crippen LogP contribution in [0.15, 0.2) is 53.6 Å². The third kappa shape index (κ3) is 4.48. The summed E-state index contributed by atoms with van der Waals surface area (Å²) >= 11 is 0. The van der Waals surface area contributed by atoms with Crippen LogP contribution in [-0.2, 0) is 4.79 Å². The number of methoxy groups -OCH3 is 2. The molecule has 5 heteroatoms. The predicted molar refractivity (Wildman–Crippen MR) is 109 cm³/mol. The molecule has 0 aromatic heterocycles. The van der Waals surface area contributed by atoms with Crippen molar-refractivity contribution in [2.45, 2.75) is 0 Å². The van der Waals surface area contributed by atoms with Crippen molar-refractivity contribution in [3.8, 4) is 17.6 Å². The number of carbonyl (C=O) groups is 1. The molecule has 2 aromatic carbocycles. The Hall–Kier alpha value is -3.36. The summed E-state index contributed by atoms with van der Waals surface area (Å²) in [6.07, 6.45) is 3.77. The number of hydrogen-bond acceptors (Lipinski definition) is 5. The first-order valence-electron chi connectivity index (χ1n) is 8.90. The SMILES string of the molecule is COc1cc(/C=C2\CN(C)C/C(=C\c3ccc(C#N)cc3)C2=O)cc(OC)c1. The molecular weight excluding hydrogens is 352 g/mol. The minimum atomic E-state index is 0.0317. The van der Waals surface area contributed by atoms with E-state index in [1.54, 1.807) is 32.4 Å². The molecule has 2 aromatic rings. The molecule has 142 valence electrons. The number of benzene rings is 2. The number of nitriles is 1. The molecule has 3 rings (SSSR count). The van der Waals surface area contributed by atoms with Gasteiger partial charge in [-0.2, -0.15) is 5.26 Å². The van der Waals surface area contributed by atoms with Gasteiger partial charge in [-0.25, -0.2) is 0 Å². The summed E-state index contributed by atoms with van der Waals surface area (Å²) in [4.78, 5) is 15.1. The van der Waals surface area contributed by atoms with Crippen molar-refractivity contribution in [2.24, 2.45) is 0 Å². The number of likely N-dealkylation sites (tertiary alicyclic amines) is 1. The summed E-state index contributed by atoms with van der Waals surface area (Å²) < 4.78 is 10.6. The molecule has 1 aliphatic heterocycles. The van der Waals surface area contributed by atoms with Gasteiger partial charge < -0.3 is 9.47 Å². The second-order valence-corrected chi connectivity index (χ2v) is 6.72. The van der Waals surface area contributed by atoms with Crippen LogP contribution in [0.25, 0.3) is 12.2 Å². The molecule has 0 atom stereocenters. The van der Waals surface area contributed by atoms with Gasteiger partial charge in [-0.15, -0.1) is 0 Å². The van der Waals surface area contributed by atoms with Gasteiger partial charge in [-0.1, -0.05) is 12.1 Å². The lowest BCUT2D eigenvalue weighted by Gasteiger charge is -2.26. The van der Waals surface area contributed by atoms with Gasteiger partial charge in [0, 0.05) is 30.3 Å². The summed E-state index contributed by atoms with van der Waals surface area (Å²) in [7, 11) is 5.19. The summed E-state index contributed by atoms with van der Waals surface area (Å²) in [5, 5.41) is 8.92. The van der Waals surface area contributed by atoms with Gasteiger partial charge in [0.05, 0.1) is 25.9 Å². The van der Waals surface area contributed by atoms with E-state index in [9.17, 15) is 4.79 Å². The molecule has 0 aliphatic carbocycles. The van der Waals surface area contributed by atoms with E-state index in [0.717, 1.165) is 16.7 Å². The third-order valence-electron chi connectivity index (χ3n) is 4.56. The fourth-order valence-corrected chi connectivity index (χ4v) is 3.18. The number of ketones is 1. The quantitative estimate of drug-likeness (QED) is 0.766. The maximum absolute atomic E-state index is 13.0. The number of likely N-dealkylation sites (N-methyl/N-ethyl adjacent to an activating group) is 1. The number of rotatable bonds is 4. The molecule has 1 aliphatic rings. The summed E-state index contributed by atoms with van der Waals surface area (Å²) in [6, 6.07) is 14.9. The molecule has 0 radical (unpaired) electrons. The molecule has 1 fully saturated rings. The summed E-state index contributed by atoms with van der Waals surface area (Å²) in [5.74, 6) is 1.39. The minimum absolute atomic E-state index is 0.0317. The van der Waals surface area contributed by atoms with Gasteiger partial charge in [0.2, 0.25) is 0 Å². The Bertz CT molecular complexity index is 960. The van der Waals surface area contributed by atoms with Crippen LogP contribution < -0.4 is 9.47 Å². The molecule has 0 spiro atoms. The van der Waals surface area contributed by atoms with Crippen molar-refractivity contribution in [2.75, 3.05) is 34.4 Å². The zero-order valence-corrected chi connectivity index (χ0v) is 16.2. The van der Waals surface area contributed by atoms with Crippen molar-refractivity contribution in [3.05, 3.63) is 70.3 Å². The third-order valence-corrected chi connectivity index (χ3v) is 4.56. The Morgan fingerprint density at radius 3 is 1.96 bits per heavy atom. The molecule has 28 heavy (non-hydrogen) atoms. The van der Waals surface area contributed by atoms with Crippen LogP contribution in [0.1, 0.15) is 16.7 Å².